The van der Waals surface area contributed by atoms with E-state index in [1.54, 1.807) is 12.4 Å². The number of carbonyl (C=O) groups excluding carboxylic acids is 1. The lowest BCUT2D eigenvalue weighted by Gasteiger charge is -2.26. The smallest absolute Gasteiger partial charge is 0.256 e. The number of amides is 1. The Labute approximate surface area is 134 Å². The summed E-state index contributed by atoms with van der Waals surface area (Å²) in [4.78, 5) is 18.9. The molecular weight excluding hydrogens is 288 g/mol. The van der Waals surface area contributed by atoms with E-state index < -0.39 is 0 Å². The van der Waals surface area contributed by atoms with Gasteiger partial charge < -0.3 is 4.90 Å². The van der Waals surface area contributed by atoms with Crippen LogP contribution in [0, 0.1) is 0 Å². The van der Waals surface area contributed by atoms with Crippen LogP contribution in [0.25, 0.3) is 5.69 Å². The molecule has 1 unspecified atom stereocenters. The number of rotatable bonds is 3. The molecule has 0 aliphatic carbocycles. The molecule has 4 rings (SSSR count). The van der Waals surface area contributed by atoms with Gasteiger partial charge in [0.25, 0.3) is 5.91 Å². The minimum atomic E-state index is -0.0582. The van der Waals surface area contributed by atoms with Crippen molar-refractivity contribution in [2.75, 3.05) is 0 Å². The van der Waals surface area contributed by atoms with Crippen molar-refractivity contribution in [1.82, 2.24) is 19.7 Å². The number of nitrogens with zero attached hydrogens (tertiary/aromatic N) is 4. The highest BCUT2D eigenvalue weighted by atomic mass is 16.2. The molecule has 23 heavy (non-hydrogen) atoms. The summed E-state index contributed by atoms with van der Waals surface area (Å²) in [6.45, 7) is 2.59. The molecule has 5 nitrogen and oxygen atoms in total. The molecule has 3 aromatic rings. The van der Waals surface area contributed by atoms with Crippen LogP contribution in [0.3, 0.4) is 0 Å². The predicted octanol–water partition coefficient (Wildman–Crippen LogP) is 2.98. The van der Waals surface area contributed by atoms with Crippen LogP contribution in [-0.4, -0.2) is 25.6 Å². The van der Waals surface area contributed by atoms with Crippen molar-refractivity contribution < 1.29 is 4.79 Å². The molecule has 1 atom stereocenters. The molecule has 1 aliphatic rings. The summed E-state index contributed by atoms with van der Waals surface area (Å²) in [6, 6.07) is 13.5. The van der Waals surface area contributed by atoms with Gasteiger partial charge in [-0.05, 0) is 31.2 Å². The van der Waals surface area contributed by atoms with Crippen molar-refractivity contribution in [2.45, 2.75) is 19.5 Å². The van der Waals surface area contributed by atoms with E-state index in [2.05, 4.69) is 10.1 Å². The molecule has 114 valence electrons. The summed E-state index contributed by atoms with van der Waals surface area (Å²) in [5, 5.41) is 4.32. The monoisotopic (exact) mass is 304 g/mol. The van der Waals surface area contributed by atoms with Gasteiger partial charge in [0, 0.05) is 24.2 Å². The summed E-state index contributed by atoms with van der Waals surface area (Å²) in [6.07, 6.45) is 5.40. The molecule has 0 saturated heterocycles. The lowest BCUT2D eigenvalue weighted by Crippen LogP contribution is -2.28. The second-order valence-electron chi connectivity index (χ2n) is 5.62. The predicted molar refractivity (Wildman–Crippen MR) is 86.1 cm³/mol. The average Bonchev–Trinajstić information content (AvgIpc) is 3.23. The third kappa shape index (κ3) is 2.21. The molecular formula is C18H16N4O. The SMILES string of the molecule is CC(c1ccccc1-n1cccn1)N1Cc2ncccc2C1=O. The molecule has 5 heteroatoms. The Kier molecular flexibility index (Phi) is 3.19. The van der Waals surface area contributed by atoms with Gasteiger partial charge in [-0.2, -0.15) is 5.10 Å². The van der Waals surface area contributed by atoms with Crippen molar-refractivity contribution in [1.29, 1.82) is 0 Å². The minimum Gasteiger partial charge on any atom is -0.326 e. The Morgan fingerprint density at radius 1 is 1.09 bits per heavy atom. The Balaban J connectivity index is 1.72. The van der Waals surface area contributed by atoms with E-state index >= 15 is 0 Å². The van der Waals surface area contributed by atoms with Crippen LogP contribution in [0.2, 0.25) is 0 Å². The fourth-order valence-corrected chi connectivity index (χ4v) is 3.09. The molecule has 0 saturated carbocycles. The number of aromatic nitrogens is 3. The van der Waals surface area contributed by atoms with E-state index in [4.69, 9.17) is 0 Å². The molecule has 0 bridgehead atoms. The largest absolute Gasteiger partial charge is 0.326 e. The van der Waals surface area contributed by atoms with Gasteiger partial charge in [-0.25, -0.2) is 4.68 Å². The van der Waals surface area contributed by atoms with Crippen LogP contribution >= 0.6 is 0 Å². The first kappa shape index (κ1) is 13.7. The second-order valence-corrected chi connectivity index (χ2v) is 5.62. The molecule has 3 heterocycles. The van der Waals surface area contributed by atoms with E-state index in [0.717, 1.165) is 16.9 Å². The normalized spacial score (nSPS) is 14.8. The quantitative estimate of drug-likeness (QED) is 0.747. The van der Waals surface area contributed by atoms with Crippen LogP contribution in [0.1, 0.15) is 34.6 Å². The van der Waals surface area contributed by atoms with E-state index in [1.165, 1.54) is 0 Å². The Hall–Kier alpha value is -2.95. The molecule has 0 spiro atoms. The van der Waals surface area contributed by atoms with Crippen LogP contribution in [0.4, 0.5) is 0 Å². The van der Waals surface area contributed by atoms with Gasteiger partial charge in [0.15, 0.2) is 0 Å². The lowest BCUT2D eigenvalue weighted by atomic mass is 10.0. The standard InChI is InChI=1S/C18H16N4O/c1-13(21-12-16-15(18(21)23)7-4-9-19-16)14-6-2-3-8-17(14)22-11-5-10-20-22/h2-11,13H,12H2,1H3. The van der Waals surface area contributed by atoms with Gasteiger partial charge in [0.2, 0.25) is 0 Å². The fourth-order valence-electron chi connectivity index (χ4n) is 3.09. The highest BCUT2D eigenvalue weighted by molar-refractivity contribution is 5.98. The molecule has 0 fully saturated rings. The topological polar surface area (TPSA) is 51.0 Å². The van der Waals surface area contributed by atoms with Crippen LogP contribution in [0.5, 0.6) is 0 Å². The second kappa shape index (κ2) is 5.35. The first-order valence-electron chi connectivity index (χ1n) is 7.59. The summed E-state index contributed by atoms with van der Waals surface area (Å²) < 4.78 is 1.83. The maximum absolute atomic E-state index is 12.7. The van der Waals surface area contributed by atoms with E-state index in [0.29, 0.717) is 12.1 Å². The van der Waals surface area contributed by atoms with Crippen molar-refractivity contribution >= 4 is 5.91 Å². The van der Waals surface area contributed by atoms with Crippen molar-refractivity contribution in [3.05, 3.63) is 77.9 Å². The van der Waals surface area contributed by atoms with E-state index in [9.17, 15) is 4.79 Å². The third-order valence-corrected chi connectivity index (χ3v) is 4.31. The number of carbonyl (C=O) groups is 1. The van der Waals surface area contributed by atoms with Gasteiger partial charge in [-0.15, -0.1) is 0 Å². The van der Waals surface area contributed by atoms with Gasteiger partial charge in [-0.1, -0.05) is 18.2 Å². The zero-order chi connectivity index (χ0) is 15.8. The molecule has 2 aromatic heterocycles. The maximum atomic E-state index is 12.7. The van der Waals surface area contributed by atoms with Gasteiger partial charge in [-0.3, -0.25) is 9.78 Å². The summed E-state index contributed by atoms with van der Waals surface area (Å²) in [5.41, 5.74) is 3.61. The van der Waals surface area contributed by atoms with Crippen LogP contribution in [-0.2, 0) is 6.54 Å². The molecule has 1 aromatic carbocycles. The number of hydrogen-bond donors (Lipinski definition) is 0. The Morgan fingerprint density at radius 3 is 2.74 bits per heavy atom. The summed E-state index contributed by atoms with van der Waals surface area (Å²) >= 11 is 0. The third-order valence-electron chi connectivity index (χ3n) is 4.31. The number of fused-ring (bicyclic) bond motifs is 1. The zero-order valence-electron chi connectivity index (χ0n) is 12.8. The molecule has 0 N–H and O–H groups in total. The number of hydrogen-bond acceptors (Lipinski definition) is 3. The molecule has 0 radical (unpaired) electrons. The molecule has 1 amide bonds. The van der Waals surface area contributed by atoms with E-state index in [-0.39, 0.29) is 11.9 Å². The first-order valence-corrected chi connectivity index (χ1v) is 7.59. The van der Waals surface area contributed by atoms with Crippen molar-refractivity contribution in [3.8, 4) is 5.69 Å². The Morgan fingerprint density at radius 2 is 1.96 bits per heavy atom. The van der Waals surface area contributed by atoms with Crippen molar-refractivity contribution in [2.24, 2.45) is 0 Å². The summed E-state index contributed by atoms with van der Waals surface area (Å²) in [5.74, 6) is 0.0378. The number of benzene rings is 1. The molecule has 1 aliphatic heterocycles. The van der Waals surface area contributed by atoms with Crippen LogP contribution in [0.15, 0.2) is 61.1 Å². The zero-order valence-corrected chi connectivity index (χ0v) is 12.8. The van der Waals surface area contributed by atoms with Crippen LogP contribution < -0.4 is 0 Å². The first-order chi connectivity index (χ1) is 11.3. The number of para-hydroxylation sites is 1. The van der Waals surface area contributed by atoms with Gasteiger partial charge in [0.1, 0.15) is 0 Å². The van der Waals surface area contributed by atoms with Crippen molar-refractivity contribution in [3.63, 3.8) is 0 Å². The fraction of sp³-hybridized carbons (Fsp3) is 0.167. The highest BCUT2D eigenvalue weighted by Crippen LogP contribution is 2.32. The highest BCUT2D eigenvalue weighted by Gasteiger charge is 2.32. The van der Waals surface area contributed by atoms with E-state index in [1.807, 2.05) is 65.2 Å². The number of pyridine rings is 1. The maximum Gasteiger partial charge on any atom is 0.256 e. The summed E-state index contributed by atoms with van der Waals surface area (Å²) in [7, 11) is 0. The Bertz CT molecular complexity index is 857. The van der Waals surface area contributed by atoms with Gasteiger partial charge >= 0.3 is 0 Å². The lowest BCUT2D eigenvalue weighted by molar-refractivity contribution is 0.0715. The average molecular weight is 304 g/mol. The van der Waals surface area contributed by atoms with Gasteiger partial charge in [0.05, 0.1) is 29.5 Å². The minimum absolute atomic E-state index is 0.0378.